The lowest BCUT2D eigenvalue weighted by atomic mass is 9.96. The van der Waals surface area contributed by atoms with Crippen molar-refractivity contribution in [2.75, 3.05) is 23.8 Å². The van der Waals surface area contributed by atoms with Gasteiger partial charge in [-0.25, -0.2) is 9.97 Å². The summed E-state index contributed by atoms with van der Waals surface area (Å²) in [6.07, 6.45) is 9.18. The SMILES string of the molecule is CCc1nc(NC)c(C)c(N2CCCC2C2CCCC2)n1. The fraction of sp³-hybridized carbons (Fsp3) is 0.765. The minimum absolute atomic E-state index is 0.704. The molecular formula is C17H28N4. The highest BCUT2D eigenvalue weighted by Gasteiger charge is 2.35. The van der Waals surface area contributed by atoms with Crippen molar-refractivity contribution < 1.29 is 0 Å². The lowest BCUT2D eigenvalue weighted by Crippen LogP contribution is -2.36. The Bertz CT molecular complexity index is 494. The van der Waals surface area contributed by atoms with Crippen LogP contribution in [0.5, 0.6) is 0 Å². The quantitative estimate of drug-likeness (QED) is 0.920. The summed E-state index contributed by atoms with van der Waals surface area (Å²) in [6.45, 7) is 5.45. The van der Waals surface area contributed by atoms with Crippen molar-refractivity contribution in [2.45, 2.75) is 64.8 Å². The van der Waals surface area contributed by atoms with Gasteiger partial charge < -0.3 is 10.2 Å². The van der Waals surface area contributed by atoms with Crippen LogP contribution < -0.4 is 10.2 Å². The Balaban J connectivity index is 1.94. The van der Waals surface area contributed by atoms with Crippen LogP contribution in [0.4, 0.5) is 11.6 Å². The summed E-state index contributed by atoms with van der Waals surface area (Å²) in [4.78, 5) is 12.1. The van der Waals surface area contributed by atoms with Crippen LogP contribution in [0.25, 0.3) is 0 Å². The molecule has 1 unspecified atom stereocenters. The molecule has 3 rings (SSSR count). The fourth-order valence-electron chi connectivity index (χ4n) is 4.12. The van der Waals surface area contributed by atoms with E-state index in [1.807, 2.05) is 7.05 Å². The van der Waals surface area contributed by atoms with E-state index >= 15 is 0 Å². The third kappa shape index (κ3) is 2.72. The summed E-state index contributed by atoms with van der Waals surface area (Å²) in [6, 6.07) is 0.704. The van der Waals surface area contributed by atoms with E-state index in [0.29, 0.717) is 6.04 Å². The van der Waals surface area contributed by atoms with Gasteiger partial charge in [0.15, 0.2) is 0 Å². The van der Waals surface area contributed by atoms with Crippen LogP contribution in [-0.4, -0.2) is 29.6 Å². The Morgan fingerprint density at radius 1 is 1.14 bits per heavy atom. The Morgan fingerprint density at radius 2 is 1.90 bits per heavy atom. The summed E-state index contributed by atoms with van der Waals surface area (Å²) in [5.74, 6) is 4.01. The van der Waals surface area contributed by atoms with Gasteiger partial charge in [-0.1, -0.05) is 19.8 Å². The Hall–Kier alpha value is -1.32. The molecular weight excluding hydrogens is 260 g/mol. The van der Waals surface area contributed by atoms with E-state index in [2.05, 4.69) is 29.0 Å². The number of rotatable bonds is 4. The number of nitrogens with one attached hydrogen (secondary N) is 1. The van der Waals surface area contributed by atoms with E-state index in [4.69, 9.17) is 4.98 Å². The highest BCUT2D eigenvalue weighted by molar-refractivity contribution is 5.59. The Kier molecular flexibility index (Phi) is 4.32. The molecule has 4 nitrogen and oxygen atoms in total. The standard InChI is InChI=1S/C17H28N4/c1-4-15-19-16(18-3)12(2)17(20-15)21-11-7-10-14(21)13-8-5-6-9-13/h13-14H,4-11H2,1-3H3,(H,18,19,20). The third-order valence-corrected chi connectivity index (χ3v) is 5.23. The summed E-state index contributed by atoms with van der Waals surface area (Å²) in [5.41, 5.74) is 1.21. The largest absolute Gasteiger partial charge is 0.373 e. The average Bonchev–Trinajstić information content (AvgIpc) is 3.18. The molecule has 4 heteroatoms. The van der Waals surface area contributed by atoms with Crippen LogP contribution in [0.2, 0.25) is 0 Å². The van der Waals surface area contributed by atoms with Gasteiger partial charge in [-0.05, 0) is 38.5 Å². The van der Waals surface area contributed by atoms with Gasteiger partial charge in [0.25, 0.3) is 0 Å². The Morgan fingerprint density at radius 3 is 2.57 bits per heavy atom. The molecule has 1 atom stereocenters. The zero-order valence-corrected chi connectivity index (χ0v) is 13.7. The fourth-order valence-corrected chi connectivity index (χ4v) is 4.12. The van der Waals surface area contributed by atoms with Gasteiger partial charge >= 0.3 is 0 Å². The van der Waals surface area contributed by atoms with Crippen molar-refractivity contribution in [2.24, 2.45) is 5.92 Å². The molecule has 1 N–H and O–H groups in total. The first kappa shape index (κ1) is 14.6. The summed E-state index contributed by atoms with van der Waals surface area (Å²) < 4.78 is 0. The molecule has 116 valence electrons. The summed E-state index contributed by atoms with van der Waals surface area (Å²) in [7, 11) is 1.96. The smallest absolute Gasteiger partial charge is 0.137 e. The summed E-state index contributed by atoms with van der Waals surface area (Å²) >= 11 is 0. The number of aryl methyl sites for hydroxylation is 1. The van der Waals surface area contributed by atoms with Crippen molar-refractivity contribution >= 4 is 11.6 Å². The monoisotopic (exact) mass is 288 g/mol. The molecule has 0 radical (unpaired) electrons. The predicted molar refractivity (Wildman–Crippen MR) is 88.0 cm³/mol. The molecule has 2 fully saturated rings. The zero-order valence-electron chi connectivity index (χ0n) is 13.7. The molecule has 0 spiro atoms. The van der Waals surface area contributed by atoms with Gasteiger partial charge in [0.1, 0.15) is 17.5 Å². The van der Waals surface area contributed by atoms with Gasteiger partial charge in [-0.2, -0.15) is 0 Å². The zero-order chi connectivity index (χ0) is 14.8. The molecule has 1 aliphatic heterocycles. The number of aromatic nitrogens is 2. The molecule has 1 aliphatic carbocycles. The average molecular weight is 288 g/mol. The molecule has 1 saturated carbocycles. The van der Waals surface area contributed by atoms with E-state index in [9.17, 15) is 0 Å². The lowest BCUT2D eigenvalue weighted by molar-refractivity contribution is 0.428. The van der Waals surface area contributed by atoms with Crippen LogP contribution >= 0.6 is 0 Å². The van der Waals surface area contributed by atoms with Crippen LogP contribution in [0.3, 0.4) is 0 Å². The van der Waals surface area contributed by atoms with Crippen molar-refractivity contribution in [3.63, 3.8) is 0 Å². The van der Waals surface area contributed by atoms with Crippen molar-refractivity contribution in [3.05, 3.63) is 11.4 Å². The van der Waals surface area contributed by atoms with E-state index in [-0.39, 0.29) is 0 Å². The van der Waals surface area contributed by atoms with Gasteiger partial charge in [-0.15, -0.1) is 0 Å². The normalized spacial score (nSPS) is 23.0. The van der Waals surface area contributed by atoms with Crippen LogP contribution in [0, 0.1) is 12.8 Å². The second-order valence-corrected chi connectivity index (χ2v) is 6.49. The highest BCUT2D eigenvalue weighted by Crippen LogP contribution is 2.38. The first-order valence-corrected chi connectivity index (χ1v) is 8.56. The molecule has 1 aromatic rings. The van der Waals surface area contributed by atoms with Gasteiger partial charge in [0, 0.05) is 31.6 Å². The van der Waals surface area contributed by atoms with Crippen molar-refractivity contribution in [1.82, 2.24) is 9.97 Å². The van der Waals surface area contributed by atoms with E-state index < -0.39 is 0 Å². The first-order valence-electron chi connectivity index (χ1n) is 8.56. The number of hydrogen-bond acceptors (Lipinski definition) is 4. The third-order valence-electron chi connectivity index (χ3n) is 5.23. The van der Waals surface area contributed by atoms with Crippen LogP contribution in [0.15, 0.2) is 0 Å². The minimum atomic E-state index is 0.704. The lowest BCUT2D eigenvalue weighted by Gasteiger charge is -2.32. The highest BCUT2D eigenvalue weighted by atomic mass is 15.3. The molecule has 2 aliphatic rings. The van der Waals surface area contributed by atoms with Gasteiger partial charge in [0.2, 0.25) is 0 Å². The Labute approximate surface area is 128 Å². The number of anilines is 2. The van der Waals surface area contributed by atoms with E-state index in [1.165, 1.54) is 49.9 Å². The van der Waals surface area contributed by atoms with Crippen molar-refractivity contribution in [1.29, 1.82) is 0 Å². The molecule has 21 heavy (non-hydrogen) atoms. The molecule has 1 aromatic heterocycles. The second kappa shape index (κ2) is 6.20. The van der Waals surface area contributed by atoms with Crippen LogP contribution in [0.1, 0.15) is 56.8 Å². The maximum absolute atomic E-state index is 4.88. The summed E-state index contributed by atoms with van der Waals surface area (Å²) in [5, 5.41) is 3.24. The molecule has 1 saturated heterocycles. The van der Waals surface area contributed by atoms with E-state index in [1.54, 1.807) is 0 Å². The van der Waals surface area contributed by atoms with Crippen LogP contribution in [-0.2, 0) is 6.42 Å². The number of hydrogen-bond donors (Lipinski definition) is 1. The predicted octanol–water partition coefficient (Wildman–Crippen LogP) is 3.55. The number of nitrogens with zero attached hydrogens (tertiary/aromatic N) is 3. The van der Waals surface area contributed by atoms with Gasteiger partial charge in [0.05, 0.1) is 0 Å². The maximum Gasteiger partial charge on any atom is 0.137 e. The molecule has 2 heterocycles. The van der Waals surface area contributed by atoms with Crippen molar-refractivity contribution in [3.8, 4) is 0 Å². The van der Waals surface area contributed by atoms with E-state index in [0.717, 1.165) is 30.5 Å². The maximum atomic E-state index is 4.88. The topological polar surface area (TPSA) is 41.1 Å². The first-order chi connectivity index (χ1) is 10.2. The second-order valence-electron chi connectivity index (χ2n) is 6.49. The molecule has 0 bridgehead atoms. The molecule has 0 amide bonds. The van der Waals surface area contributed by atoms with Gasteiger partial charge in [-0.3, -0.25) is 0 Å². The molecule has 0 aromatic carbocycles. The minimum Gasteiger partial charge on any atom is -0.373 e.